The molecule has 0 aromatic heterocycles. The van der Waals surface area contributed by atoms with Crippen molar-refractivity contribution in [2.75, 3.05) is 19.3 Å². The van der Waals surface area contributed by atoms with Gasteiger partial charge in [0.2, 0.25) is 0 Å². The first kappa shape index (κ1) is 10.8. The Morgan fingerprint density at radius 3 is 2.81 bits per heavy atom. The number of carbonyl (C=O) groups excluding carboxylic acids is 1. The van der Waals surface area contributed by atoms with Crippen molar-refractivity contribution in [3.8, 4) is 5.75 Å². The first-order chi connectivity index (χ1) is 7.58. The Labute approximate surface area is 95.0 Å². The van der Waals surface area contributed by atoms with Crippen LogP contribution in [0.3, 0.4) is 0 Å². The number of anilines is 1. The Bertz CT molecular complexity index is 417. The molecule has 2 N–H and O–H groups in total. The predicted molar refractivity (Wildman–Crippen MR) is 62.3 cm³/mol. The zero-order valence-corrected chi connectivity index (χ0v) is 9.56. The lowest BCUT2D eigenvalue weighted by Crippen LogP contribution is -2.29. The third kappa shape index (κ3) is 1.96. The second-order valence-corrected chi connectivity index (χ2v) is 4.17. The number of rotatable bonds is 2. The number of carbonyl (C=O) groups is 1. The van der Waals surface area contributed by atoms with Crippen LogP contribution in [-0.2, 0) is 4.79 Å². The third-order valence-electron chi connectivity index (χ3n) is 2.90. The van der Waals surface area contributed by atoms with Crippen molar-refractivity contribution < 1.29 is 9.53 Å². The van der Waals surface area contributed by atoms with Crippen LogP contribution < -0.4 is 10.5 Å². The molecule has 1 fully saturated rings. The lowest BCUT2D eigenvalue weighted by molar-refractivity contribution is -0.132. The summed E-state index contributed by atoms with van der Waals surface area (Å²) in [4.78, 5) is 13.3. The van der Waals surface area contributed by atoms with Crippen LogP contribution in [-0.4, -0.2) is 30.5 Å². The molecule has 4 nitrogen and oxygen atoms in total. The lowest BCUT2D eigenvalue weighted by atomic mass is 10.2. The van der Waals surface area contributed by atoms with E-state index in [2.05, 4.69) is 0 Å². The number of hydrogen-bond donors (Lipinski definition) is 1. The molecule has 0 radical (unpaired) electrons. The average molecular weight is 220 g/mol. The van der Waals surface area contributed by atoms with E-state index in [0.29, 0.717) is 5.75 Å². The van der Waals surface area contributed by atoms with E-state index in [4.69, 9.17) is 10.5 Å². The molecule has 1 aliphatic heterocycles. The van der Waals surface area contributed by atoms with Gasteiger partial charge in [0.1, 0.15) is 5.75 Å². The number of likely N-dealkylation sites (tertiary alicyclic amines) is 1. The normalized spacial score (nSPS) is 20.2. The summed E-state index contributed by atoms with van der Waals surface area (Å²) in [5.74, 6) is 0.759. The molecular formula is C12H16N2O2. The van der Waals surface area contributed by atoms with Crippen LogP contribution in [0.15, 0.2) is 18.2 Å². The van der Waals surface area contributed by atoms with Gasteiger partial charge in [-0.05, 0) is 30.7 Å². The number of hydrogen-bond acceptors (Lipinski definition) is 3. The average Bonchev–Trinajstić information content (AvgIpc) is 2.55. The zero-order valence-electron chi connectivity index (χ0n) is 9.56. The molecule has 1 saturated heterocycles. The van der Waals surface area contributed by atoms with Gasteiger partial charge >= 0.3 is 0 Å². The van der Waals surface area contributed by atoms with Crippen LogP contribution in [0, 0.1) is 6.92 Å². The van der Waals surface area contributed by atoms with Crippen molar-refractivity contribution in [2.45, 2.75) is 19.4 Å². The van der Waals surface area contributed by atoms with E-state index in [0.717, 1.165) is 24.2 Å². The van der Waals surface area contributed by atoms with Gasteiger partial charge in [0.15, 0.2) is 6.10 Å². The minimum absolute atomic E-state index is 0.0504. The number of aryl methyl sites for hydroxylation is 1. The lowest BCUT2D eigenvalue weighted by Gasteiger charge is -2.13. The molecule has 0 spiro atoms. The summed E-state index contributed by atoms with van der Waals surface area (Å²) in [5.41, 5.74) is 7.42. The summed E-state index contributed by atoms with van der Waals surface area (Å²) in [7, 11) is 1.79. The van der Waals surface area contributed by atoms with Gasteiger partial charge in [0.25, 0.3) is 5.91 Å². The fourth-order valence-corrected chi connectivity index (χ4v) is 1.79. The summed E-state index contributed by atoms with van der Waals surface area (Å²) >= 11 is 0. The molecule has 1 aromatic rings. The summed E-state index contributed by atoms with van der Waals surface area (Å²) in [6.45, 7) is 2.68. The van der Waals surface area contributed by atoms with E-state index in [1.165, 1.54) is 0 Å². The molecule has 1 unspecified atom stereocenters. The number of nitrogen functional groups attached to an aromatic ring is 1. The third-order valence-corrected chi connectivity index (χ3v) is 2.90. The van der Waals surface area contributed by atoms with Crippen molar-refractivity contribution in [1.29, 1.82) is 0 Å². The Morgan fingerprint density at radius 1 is 1.50 bits per heavy atom. The topological polar surface area (TPSA) is 55.6 Å². The molecule has 0 aliphatic carbocycles. The molecule has 1 aromatic carbocycles. The highest BCUT2D eigenvalue weighted by Gasteiger charge is 2.30. The van der Waals surface area contributed by atoms with Gasteiger partial charge < -0.3 is 15.4 Å². The van der Waals surface area contributed by atoms with E-state index < -0.39 is 0 Å². The second-order valence-electron chi connectivity index (χ2n) is 4.17. The van der Waals surface area contributed by atoms with Crippen LogP contribution in [0.2, 0.25) is 0 Å². The van der Waals surface area contributed by atoms with Gasteiger partial charge in [-0.1, -0.05) is 0 Å². The van der Waals surface area contributed by atoms with Gasteiger partial charge in [-0.2, -0.15) is 0 Å². The predicted octanol–water partition coefficient (Wildman–Crippen LogP) is 1.19. The van der Waals surface area contributed by atoms with Gasteiger partial charge in [-0.25, -0.2) is 0 Å². The van der Waals surface area contributed by atoms with Crippen molar-refractivity contribution in [3.63, 3.8) is 0 Å². The molecule has 1 amide bonds. The Balaban J connectivity index is 2.10. The van der Waals surface area contributed by atoms with Crippen molar-refractivity contribution in [3.05, 3.63) is 23.8 Å². The number of likely N-dealkylation sites (N-methyl/N-ethyl adjacent to an activating group) is 1. The van der Waals surface area contributed by atoms with Gasteiger partial charge in [-0.3, -0.25) is 4.79 Å². The summed E-state index contributed by atoms with van der Waals surface area (Å²) in [6, 6.07) is 5.46. The minimum atomic E-state index is -0.340. The molecule has 1 heterocycles. The molecule has 86 valence electrons. The number of benzene rings is 1. The number of nitrogens with two attached hydrogens (primary N) is 1. The molecule has 16 heavy (non-hydrogen) atoms. The molecule has 0 bridgehead atoms. The van der Waals surface area contributed by atoms with Crippen LogP contribution in [0.25, 0.3) is 0 Å². The monoisotopic (exact) mass is 220 g/mol. The summed E-state index contributed by atoms with van der Waals surface area (Å²) < 4.78 is 5.65. The fraction of sp³-hybridized carbons (Fsp3) is 0.417. The first-order valence-corrected chi connectivity index (χ1v) is 5.35. The van der Waals surface area contributed by atoms with Crippen molar-refractivity contribution in [2.24, 2.45) is 0 Å². The highest BCUT2D eigenvalue weighted by atomic mass is 16.5. The standard InChI is InChI=1S/C12H16N2O2/c1-8-7-9(3-4-10(8)13)16-11-5-6-14(2)12(11)15/h3-4,7,11H,5-6,13H2,1-2H3. The molecule has 4 heteroatoms. The van der Waals surface area contributed by atoms with Crippen LogP contribution >= 0.6 is 0 Å². The molecule has 2 rings (SSSR count). The van der Waals surface area contributed by atoms with Crippen LogP contribution in [0.1, 0.15) is 12.0 Å². The molecule has 0 saturated carbocycles. The summed E-state index contributed by atoms with van der Waals surface area (Å²) in [5, 5.41) is 0. The smallest absolute Gasteiger partial charge is 0.263 e. The maximum absolute atomic E-state index is 11.6. The van der Waals surface area contributed by atoms with Crippen molar-refractivity contribution in [1.82, 2.24) is 4.90 Å². The van der Waals surface area contributed by atoms with E-state index >= 15 is 0 Å². The number of ether oxygens (including phenoxy) is 1. The maximum Gasteiger partial charge on any atom is 0.263 e. The van der Waals surface area contributed by atoms with Gasteiger partial charge in [-0.15, -0.1) is 0 Å². The van der Waals surface area contributed by atoms with E-state index in [1.807, 2.05) is 13.0 Å². The highest BCUT2D eigenvalue weighted by Crippen LogP contribution is 2.22. The minimum Gasteiger partial charge on any atom is -0.481 e. The largest absolute Gasteiger partial charge is 0.481 e. The molecule has 1 aliphatic rings. The van der Waals surface area contributed by atoms with Gasteiger partial charge in [0, 0.05) is 25.7 Å². The number of nitrogens with zero attached hydrogens (tertiary/aromatic N) is 1. The van der Waals surface area contributed by atoms with Crippen LogP contribution in [0.4, 0.5) is 5.69 Å². The Hall–Kier alpha value is -1.71. The van der Waals surface area contributed by atoms with Crippen LogP contribution in [0.5, 0.6) is 5.75 Å². The fourth-order valence-electron chi connectivity index (χ4n) is 1.79. The second kappa shape index (κ2) is 4.04. The molecule has 1 atom stereocenters. The first-order valence-electron chi connectivity index (χ1n) is 5.35. The van der Waals surface area contributed by atoms with E-state index in [1.54, 1.807) is 24.1 Å². The van der Waals surface area contributed by atoms with Crippen molar-refractivity contribution >= 4 is 11.6 Å². The highest BCUT2D eigenvalue weighted by molar-refractivity contribution is 5.83. The molecular weight excluding hydrogens is 204 g/mol. The SMILES string of the molecule is Cc1cc(OC2CCN(C)C2=O)ccc1N. The zero-order chi connectivity index (χ0) is 11.7. The summed E-state index contributed by atoms with van der Waals surface area (Å²) in [6.07, 6.45) is 0.409. The maximum atomic E-state index is 11.6. The Kier molecular flexibility index (Phi) is 2.73. The Morgan fingerprint density at radius 2 is 2.25 bits per heavy atom. The van der Waals surface area contributed by atoms with Gasteiger partial charge in [0.05, 0.1) is 0 Å². The van der Waals surface area contributed by atoms with E-state index in [-0.39, 0.29) is 12.0 Å². The van der Waals surface area contributed by atoms with E-state index in [9.17, 15) is 4.79 Å². The quantitative estimate of drug-likeness (QED) is 0.762. The number of amides is 1.